The van der Waals surface area contributed by atoms with Gasteiger partial charge in [-0.05, 0) is 18.2 Å². The monoisotopic (exact) mass is 230 g/mol. The second-order valence-electron chi connectivity index (χ2n) is 4.20. The Kier molecular flexibility index (Phi) is 3.23. The Hall–Kier alpha value is -0.530. The van der Waals surface area contributed by atoms with Crippen LogP contribution in [0.2, 0.25) is 10.0 Å². The van der Waals surface area contributed by atoms with Gasteiger partial charge in [-0.25, -0.2) is 0 Å². The van der Waals surface area contributed by atoms with Gasteiger partial charge in [-0.1, -0.05) is 44.0 Å². The molecule has 0 atom stereocenters. The Labute approximate surface area is 94.0 Å². The molecule has 0 saturated heterocycles. The lowest BCUT2D eigenvalue weighted by Crippen LogP contribution is -2.20. The molecular weight excluding hydrogens is 219 g/mol. The van der Waals surface area contributed by atoms with Crippen molar-refractivity contribution in [2.24, 2.45) is 5.41 Å². The first-order valence-corrected chi connectivity index (χ1v) is 5.08. The smallest absolute Gasteiger partial charge is 0.169 e. The number of rotatable bonds is 1. The summed E-state index contributed by atoms with van der Waals surface area (Å²) in [6, 6.07) is 4.92. The van der Waals surface area contributed by atoms with E-state index in [1.165, 1.54) is 0 Å². The second kappa shape index (κ2) is 3.92. The van der Waals surface area contributed by atoms with Gasteiger partial charge in [0.1, 0.15) is 0 Å². The summed E-state index contributed by atoms with van der Waals surface area (Å²) in [4.78, 5) is 11.9. The van der Waals surface area contributed by atoms with E-state index >= 15 is 0 Å². The molecule has 0 N–H and O–H groups in total. The topological polar surface area (TPSA) is 17.1 Å². The quantitative estimate of drug-likeness (QED) is 0.661. The molecule has 14 heavy (non-hydrogen) atoms. The highest BCUT2D eigenvalue weighted by atomic mass is 35.5. The number of Topliss-reactive ketones (excluding diaryl/α,β-unsaturated/α-hetero) is 1. The molecule has 0 amide bonds. The van der Waals surface area contributed by atoms with Crippen molar-refractivity contribution in [3.05, 3.63) is 33.8 Å². The molecular formula is C11H12Cl2O. The molecule has 0 aromatic heterocycles. The van der Waals surface area contributed by atoms with E-state index in [2.05, 4.69) is 0 Å². The molecule has 1 aromatic carbocycles. The number of carbonyl (C=O) groups is 1. The molecule has 76 valence electrons. The summed E-state index contributed by atoms with van der Waals surface area (Å²) in [5.74, 6) is 0.0270. The average Bonchev–Trinajstić information content (AvgIpc) is 2.01. The zero-order valence-corrected chi connectivity index (χ0v) is 9.91. The maximum Gasteiger partial charge on any atom is 0.169 e. The molecule has 0 aliphatic rings. The van der Waals surface area contributed by atoms with Crippen molar-refractivity contribution in [2.45, 2.75) is 20.8 Å². The van der Waals surface area contributed by atoms with Gasteiger partial charge >= 0.3 is 0 Å². The summed E-state index contributed by atoms with van der Waals surface area (Å²) >= 11 is 11.7. The van der Waals surface area contributed by atoms with Gasteiger partial charge in [0.2, 0.25) is 0 Å². The van der Waals surface area contributed by atoms with E-state index in [9.17, 15) is 4.79 Å². The van der Waals surface area contributed by atoms with Gasteiger partial charge in [0.15, 0.2) is 5.78 Å². The molecule has 0 radical (unpaired) electrons. The van der Waals surface area contributed by atoms with Gasteiger partial charge in [-0.3, -0.25) is 4.79 Å². The standard InChI is InChI=1S/C11H12Cl2O/c1-11(2,3)10(14)8-5-4-7(12)6-9(8)13/h4-6H,1-3H3. The first kappa shape index (κ1) is 11.5. The zero-order chi connectivity index (χ0) is 10.9. The van der Waals surface area contributed by atoms with Gasteiger partial charge < -0.3 is 0 Å². The van der Waals surface area contributed by atoms with Gasteiger partial charge in [-0.15, -0.1) is 0 Å². The minimum absolute atomic E-state index is 0.0270. The zero-order valence-electron chi connectivity index (χ0n) is 8.40. The third-order valence-corrected chi connectivity index (χ3v) is 2.40. The Bertz CT molecular complexity index is 364. The van der Waals surface area contributed by atoms with Crippen LogP contribution < -0.4 is 0 Å². The van der Waals surface area contributed by atoms with E-state index in [4.69, 9.17) is 23.2 Å². The van der Waals surface area contributed by atoms with Gasteiger partial charge in [0, 0.05) is 16.0 Å². The summed E-state index contributed by atoms with van der Waals surface area (Å²) in [7, 11) is 0. The molecule has 0 saturated carbocycles. The summed E-state index contributed by atoms with van der Waals surface area (Å²) < 4.78 is 0. The highest BCUT2D eigenvalue weighted by Crippen LogP contribution is 2.27. The first-order chi connectivity index (χ1) is 6.32. The third-order valence-electron chi connectivity index (χ3n) is 1.86. The van der Waals surface area contributed by atoms with Crippen LogP contribution in [0.4, 0.5) is 0 Å². The van der Waals surface area contributed by atoms with E-state index in [1.807, 2.05) is 20.8 Å². The van der Waals surface area contributed by atoms with E-state index in [1.54, 1.807) is 18.2 Å². The van der Waals surface area contributed by atoms with Crippen LogP contribution in [0, 0.1) is 5.41 Å². The largest absolute Gasteiger partial charge is 0.294 e. The van der Waals surface area contributed by atoms with Crippen LogP contribution in [0.3, 0.4) is 0 Å². The van der Waals surface area contributed by atoms with Crippen LogP contribution >= 0.6 is 23.2 Å². The molecule has 3 heteroatoms. The summed E-state index contributed by atoms with van der Waals surface area (Å²) in [5, 5.41) is 0.956. The molecule has 0 unspecified atom stereocenters. The van der Waals surface area contributed by atoms with Crippen molar-refractivity contribution in [3.63, 3.8) is 0 Å². The first-order valence-electron chi connectivity index (χ1n) is 4.32. The third kappa shape index (κ3) is 2.49. The molecule has 1 nitrogen and oxygen atoms in total. The fraction of sp³-hybridized carbons (Fsp3) is 0.364. The van der Waals surface area contributed by atoms with Crippen LogP contribution in [-0.4, -0.2) is 5.78 Å². The Balaban J connectivity index is 3.15. The number of halogens is 2. The average molecular weight is 231 g/mol. The SMILES string of the molecule is CC(C)(C)C(=O)c1ccc(Cl)cc1Cl. The van der Waals surface area contributed by atoms with Gasteiger partial charge in [0.25, 0.3) is 0 Å². The van der Waals surface area contributed by atoms with E-state index in [-0.39, 0.29) is 5.78 Å². The predicted molar refractivity (Wildman–Crippen MR) is 60.2 cm³/mol. The molecule has 1 aromatic rings. The van der Waals surface area contributed by atoms with Gasteiger partial charge in [0.05, 0.1) is 5.02 Å². The minimum atomic E-state index is -0.419. The van der Waals surface area contributed by atoms with Crippen LogP contribution in [0.5, 0.6) is 0 Å². The molecule has 0 fully saturated rings. The Morgan fingerprint density at radius 1 is 1.21 bits per heavy atom. The van der Waals surface area contributed by atoms with E-state index in [0.29, 0.717) is 15.6 Å². The molecule has 1 rings (SSSR count). The number of carbonyl (C=O) groups excluding carboxylic acids is 1. The lowest BCUT2D eigenvalue weighted by atomic mass is 9.86. The lowest BCUT2D eigenvalue weighted by Gasteiger charge is -2.17. The normalized spacial score (nSPS) is 11.5. The number of hydrogen-bond acceptors (Lipinski definition) is 1. The molecule has 0 heterocycles. The minimum Gasteiger partial charge on any atom is -0.294 e. The summed E-state index contributed by atoms with van der Waals surface area (Å²) in [5.41, 5.74) is 0.112. The lowest BCUT2D eigenvalue weighted by molar-refractivity contribution is 0.0858. The number of ketones is 1. The van der Waals surface area contributed by atoms with Crippen molar-refractivity contribution in [1.29, 1.82) is 0 Å². The number of benzene rings is 1. The predicted octanol–water partition coefficient (Wildman–Crippen LogP) is 4.22. The fourth-order valence-corrected chi connectivity index (χ4v) is 1.57. The Morgan fingerprint density at radius 2 is 1.79 bits per heavy atom. The molecule has 0 spiro atoms. The van der Waals surface area contributed by atoms with Gasteiger partial charge in [-0.2, -0.15) is 0 Å². The van der Waals surface area contributed by atoms with Crippen molar-refractivity contribution in [2.75, 3.05) is 0 Å². The maximum atomic E-state index is 11.9. The number of hydrogen-bond donors (Lipinski definition) is 0. The highest BCUT2D eigenvalue weighted by molar-refractivity contribution is 6.37. The van der Waals surface area contributed by atoms with Crippen molar-refractivity contribution in [3.8, 4) is 0 Å². The van der Waals surface area contributed by atoms with Crippen molar-refractivity contribution >= 4 is 29.0 Å². The fourth-order valence-electron chi connectivity index (χ4n) is 1.08. The maximum absolute atomic E-state index is 11.9. The van der Waals surface area contributed by atoms with E-state index in [0.717, 1.165) is 0 Å². The van der Waals surface area contributed by atoms with Crippen molar-refractivity contribution < 1.29 is 4.79 Å². The summed E-state index contributed by atoms with van der Waals surface area (Å²) in [6.07, 6.45) is 0. The van der Waals surface area contributed by atoms with E-state index < -0.39 is 5.41 Å². The van der Waals surface area contributed by atoms with Crippen LogP contribution in [0.1, 0.15) is 31.1 Å². The van der Waals surface area contributed by atoms with Crippen LogP contribution in [0.15, 0.2) is 18.2 Å². The Morgan fingerprint density at radius 3 is 2.21 bits per heavy atom. The molecule has 0 aliphatic carbocycles. The summed E-state index contributed by atoms with van der Waals surface area (Å²) in [6.45, 7) is 5.58. The molecule has 0 bridgehead atoms. The van der Waals surface area contributed by atoms with Crippen molar-refractivity contribution in [1.82, 2.24) is 0 Å². The highest BCUT2D eigenvalue weighted by Gasteiger charge is 2.24. The second-order valence-corrected chi connectivity index (χ2v) is 5.05. The van der Waals surface area contributed by atoms with Crippen LogP contribution in [0.25, 0.3) is 0 Å². The molecule has 0 aliphatic heterocycles. The van der Waals surface area contributed by atoms with Crippen LogP contribution in [-0.2, 0) is 0 Å².